The van der Waals surface area contributed by atoms with E-state index in [1.807, 2.05) is 12.1 Å². The Bertz CT molecular complexity index is 1480. The SMILES string of the molecule is CC(OC(=O)O)n1nnnc1-c1c(-c2ccc(C(=O)N(c3ncccc3Cl)[C@@H]3CCCNC3)cc2)cnn1C. The first-order chi connectivity index (χ1) is 18.8. The molecule has 0 bridgehead atoms. The van der Waals surface area contributed by atoms with E-state index in [0.29, 0.717) is 34.2 Å². The Balaban J connectivity index is 1.47. The largest absolute Gasteiger partial charge is 0.507 e. The van der Waals surface area contributed by atoms with Crippen molar-refractivity contribution in [1.82, 2.24) is 40.3 Å². The van der Waals surface area contributed by atoms with Crippen LogP contribution in [0.3, 0.4) is 0 Å². The van der Waals surface area contributed by atoms with E-state index >= 15 is 0 Å². The molecular weight excluding hydrogens is 526 g/mol. The van der Waals surface area contributed by atoms with Gasteiger partial charge in [-0.15, -0.1) is 5.10 Å². The molecule has 202 valence electrons. The number of hydrogen-bond acceptors (Lipinski definition) is 9. The highest BCUT2D eigenvalue weighted by atomic mass is 35.5. The Kier molecular flexibility index (Phi) is 7.52. The van der Waals surface area contributed by atoms with Crippen LogP contribution in [0.4, 0.5) is 10.6 Å². The van der Waals surface area contributed by atoms with Gasteiger partial charge in [0, 0.05) is 30.9 Å². The van der Waals surface area contributed by atoms with Crippen molar-refractivity contribution < 1.29 is 19.4 Å². The molecule has 0 radical (unpaired) electrons. The van der Waals surface area contributed by atoms with Crippen LogP contribution in [0.5, 0.6) is 0 Å². The normalized spacial score (nSPS) is 16.0. The number of halogens is 1. The number of nitrogens with zero attached hydrogens (tertiary/aromatic N) is 8. The van der Waals surface area contributed by atoms with Crippen LogP contribution in [0.15, 0.2) is 48.8 Å². The molecule has 2 N–H and O–H groups in total. The van der Waals surface area contributed by atoms with E-state index < -0.39 is 12.4 Å². The fraction of sp³-hybridized carbons (Fsp3) is 0.320. The molecule has 4 heterocycles. The second-order valence-corrected chi connectivity index (χ2v) is 9.43. The first kappa shape index (κ1) is 26.3. The van der Waals surface area contributed by atoms with Crippen molar-refractivity contribution in [3.63, 3.8) is 0 Å². The summed E-state index contributed by atoms with van der Waals surface area (Å²) in [4.78, 5) is 30.9. The molecule has 1 aromatic carbocycles. The summed E-state index contributed by atoms with van der Waals surface area (Å²) in [6.07, 6.45) is 2.65. The van der Waals surface area contributed by atoms with Crippen LogP contribution in [0.25, 0.3) is 22.6 Å². The number of ether oxygens (including phenoxy) is 1. The van der Waals surface area contributed by atoms with E-state index in [9.17, 15) is 9.59 Å². The maximum absolute atomic E-state index is 13.8. The van der Waals surface area contributed by atoms with Crippen LogP contribution < -0.4 is 10.2 Å². The summed E-state index contributed by atoms with van der Waals surface area (Å²) in [6.45, 7) is 3.07. The lowest BCUT2D eigenvalue weighted by atomic mass is 10.0. The predicted octanol–water partition coefficient (Wildman–Crippen LogP) is 3.40. The molecule has 4 aromatic rings. The van der Waals surface area contributed by atoms with Gasteiger partial charge in [0.1, 0.15) is 5.69 Å². The molecule has 0 saturated carbocycles. The number of anilines is 1. The van der Waals surface area contributed by atoms with Crippen molar-refractivity contribution in [2.45, 2.75) is 32.0 Å². The van der Waals surface area contributed by atoms with Crippen LogP contribution in [0.1, 0.15) is 36.4 Å². The Morgan fingerprint density at radius 2 is 2.05 bits per heavy atom. The van der Waals surface area contributed by atoms with Crippen molar-refractivity contribution in [2.24, 2.45) is 7.05 Å². The quantitative estimate of drug-likeness (QED) is 0.327. The second-order valence-electron chi connectivity index (χ2n) is 9.02. The molecule has 1 unspecified atom stereocenters. The predicted molar refractivity (Wildman–Crippen MR) is 141 cm³/mol. The van der Waals surface area contributed by atoms with E-state index in [1.165, 1.54) is 11.6 Å². The number of carboxylic acid groups (broad SMARTS) is 1. The molecule has 1 saturated heterocycles. The van der Waals surface area contributed by atoms with E-state index in [0.717, 1.165) is 24.9 Å². The highest BCUT2D eigenvalue weighted by Gasteiger charge is 2.30. The van der Waals surface area contributed by atoms with Crippen LogP contribution in [-0.4, -0.2) is 71.3 Å². The number of pyridine rings is 1. The van der Waals surface area contributed by atoms with Gasteiger partial charge in [-0.3, -0.25) is 14.4 Å². The summed E-state index contributed by atoms with van der Waals surface area (Å²) < 4.78 is 7.68. The highest BCUT2D eigenvalue weighted by molar-refractivity contribution is 6.33. The minimum absolute atomic E-state index is 0.0860. The van der Waals surface area contributed by atoms with Gasteiger partial charge in [0.15, 0.2) is 12.0 Å². The number of aryl methyl sites for hydroxylation is 1. The number of amides is 1. The molecule has 5 rings (SSSR count). The Morgan fingerprint density at radius 1 is 1.26 bits per heavy atom. The number of piperidine rings is 1. The average molecular weight is 552 g/mol. The zero-order chi connectivity index (χ0) is 27.5. The van der Waals surface area contributed by atoms with Crippen molar-refractivity contribution in [2.75, 3.05) is 18.0 Å². The molecule has 1 aliphatic heterocycles. The molecule has 1 aliphatic rings. The number of rotatable bonds is 7. The van der Waals surface area contributed by atoms with Gasteiger partial charge in [-0.25, -0.2) is 9.78 Å². The number of tetrazole rings is 1. The van der Waals surface area contributed by atoms with E-state index in [1.54, 1.807) is 53.3 Å². The molecule has 2 atom stereocenters. The maximum atomic E-state index is 13.8. The van der Waals surface area contributed by atoms with Crippen LogP contribution >= 0.6 is 11.6 Å². The van der Waals surface area contributed by atoms with Crippen LogP contribution in [0, 0.1) is 0 Å². The highest BCUT2D eigenvalue weighted by Crippen LogP contribution is 2.33. The summed E-state index contributed by atoms with van der Waals surface area (Å²) in [5.41, 5.74) is 2.48. The third-order valence-electron chi connectivity index (χ3n) is 6.52. The molecule has 3 aromatic heterocycles. The van der Waals surface area contributed by atoms with Crippen LogP contribution in [-0.2, 0) is 11.8 Å². The molecule has 13 nitrogen and oxygen atoms in total. The number of aromatic nitrogens is 7. The minimum Gasteiger partial charge on any atom is -0.450 e. The molecule has 1 fully saturated rings. The molecule has 14 heteroatoms. The Labute approximate surface area is 228 Å². The molecular formula is C25H26ClN9O4. The molecule has 0 aliphatic carbocycles. The molecule has 39 heavy (non-hydrogen) atoms. The monoisotopic (exact) mass is 551 g/mol. The lowest BCUT2D eigenvalue weighted by Gasteiger charge is -2.34. The van der Waals surface area contributed by atoms with E-state index in [-0.39, 0.29) is 17.8 Å². The summed E-state index contributed by atoms with van der Waals surface area (Å²) >= 11 is 6.46. The molecule has 0 spiro atoms. The zero-order valence-corrected chi connectivity index (χ0v) is 22.0. The average Bonchev–Trinajstić information content (AvgIpc) is 3.56. The van der Waals surface area contributed by atoms with E-state index in [2.05, 4.69) is 30.9 Å². The maximum Gasteiger partial charge on any atom is 0.507 e. The van der Waals surface area contributed by atoms with Gasteiger partial charge in [-0.1, -0.05) is 23.7 Å². The second kappa shape index (κ2) is 11.2. The van der Waals surface area contributed by atoms with Crippen molar-refractivity contribution >= 4 is 29.5 Å². The topological polar surface area (TPSA) is 153 Å². The third kappa shape index (κ3) is 5.31. The summed E-state index contributed by atoms with van der Waals surface area (Å²) in [5.74, 6) is 0.506. The smallest absolute Gasteiger partial charge is 0.450 e. The summed E-state index contributed by atoms with van der Waals surface area (Å²) in [7, 11) is 1.73. The van der Waals surface area contributed by atoms with Gasteiger partial charge < -0.3 is 15.2 Å². The van der Waals surface area contributed by atoms with Crippen molar-refractivity contribution in [3.05, 3.63) is 59.4 Å². The molecule has 1 amide bonds. The first-order valence-corrected chi connectivity index (χ1v) is 12.7. The van der Waals surface area contributed by atoms with Crippen LogP contribution in [0.2, 0.25) is 5.02 Å². The van der Waals surface area contributed by atoms with Gasteiger partial charge >= 0.3 is 6.16 Å². The van der Waals surface area contributed by atoms with Gasteiger partial charge in [0.25, 0.3) is 5.91 Å². The van der Waals surface area contributed by atoms with Gasteiger partial charge in [0.05, 0.1) is 17.3 Å². The number of carbonyl (C=O) groups excluding carboxylic acids is 1. The fourth-order valence-electron chi connectivity index (χ4n) is 4.68. The first-order valence-electron chi connectivity index (χ1n) is 12.3. The van der Waals surface area contributed by atoms with Gasteiger partial charge in [-0.05, 0) is 66.6 Å². The lowest BCUT2D eigenvalue weighted by molar-refractivity contribution is 0.0219. The number of carbonyl (C=O) groups is 2. The number of benzene rings is 1. The standard InChI is InChI=1S/C25H26ClN9O4/c1-15(39-25(37)38)35-23(30-31-32-35)21-19(14-29-33(21)2)16-7-9-17(10-8-16)24(36)34(18-5-3-11-27-13-18)22-20(26)6-4-12-28-22/h4,6-10,12,14-15,18,27H,3,5,11,13H2,1-2H3,(H,37,38)/t15?,18-/m1/s1. The summed E-state index contributed by atoms with van der Waals surface area (Å²) in [5, 5.41) is 28.8. The Morgan fingerprint density at radius 3 is 2.74 bits per heavy atom. The van der Waals surface area contributed by atoms with Crippen molar-refractivity contribution in [1.29, 1.82) is 0 Å². The summed E-state index contributed by atoms with van der Waals surface area (Å²) in [6, 6.07) is 10.5. The van der Waals surface area contributed by atoms with Crippen molar-refractivity contribution in [3.8, 4) is 22.6 Å². The zero-order valence-electron chi connectivity index (χ0n) is 21.2. The lowest BCUT2D eigenvalue weighted by Crippen LogP contribution is -2.49. The Hall–Kier alpha value is -4.36. The van der Waals surface area contributed by atoms with Gasteiger partial charge in [-0.2, -0.15) is 9.78 Å². The fourth-order valence-corrected chi connectivity index (χ4v) is 4.89. The minimum atomic E-state index is -1.44. The number of nitrogens with one attached hydrogen (secondary N) is 1. The number of hydrogen-bond donors (Lipinski definition) is 2. The van der Waals surface area contributed by atoms with E-state index in [4.69, 9.17) is 21.4 Å². The van der Waals surface area contributed by atoms with Gasteiger partial charge in [0.2, 0.25) is 5.82 Å². The third-order valence-corrected chi connectivity index (χ3v) is 6.82.